The Bertz CT molecular complexity index is 824. The summed E-state index contributed by atoms with van der Waals surface area (Å²) in [7, 11) is 0. The molecule has 0 aliphatic carbocycles. The first-order valence-electron chi connectivity index (χ1n) is 6.13. The van der Waals surface area contributed by atoms with Crippen molar-refractivity contribution in [3.8, 4) is 11.4 Å². The van der Waals surface area contributed by atoms with Crippen LogP contribution in [0.1, 0.15) is 17.0 Å². The number of nitrogens with zero attached hydrogens (tertiary/aromatic N) is 4. The van der Waals surface area contributed by atoms with Gasteiger partial charge < -0.3 is 0 Å². The summed E-state index contributed by atoms with van der Waals surface area (Å²) in [5.41, 5.74) is 4.39. The molecule has 0 spiro atoms. The maximum atomic E-state index is 6.15. The smallest absolute Gasteiger partial charge is 0.199 e. The molecule has 0 saturated carbocycles. The average Bonchev–Trinajstić information content (AvgIpc) is 2.84. The molecular formula is C14H12Cl2N4. The van der Waals surface area contributed by atoms with Crippen molar-refractivity contribution >= 4 is 28.8 Å². The highest BCUT2D eigenvalue weighted by atomic mass is 35.5. The lowest BCUT2D eigenvalue weighted by Gasteiger charge is -2.09. The molecule has 6 heteroatoms. The molecule has 0 aliphatic heterocycles. The molecule has 3 rings (SSSR count). The van der Waals surface area contributed by atoms with Gasteiger partial charge in [-0.15, -0.1) is 10.2 Å². The van der Waals surface area contributed by atoms with Gasteiger partial charge in [0.2, 0.25) is 0 Å². The molecule has 0 unspecified atom stereocenters. The highest BCUT2D eigenvalue weighted by molar-refractivity contribution is 6.32. The molecule has 0 atom stereocenters. The van der Waals surface area contributed by atoms with E-state index in [4.69, 9.17) is 23.2 Å². The lowest BCUT2D eigenvalue weighted by Crippen LogP contribution is -2.01. The summed E-state index contributed by atoms with van der Waals surface area (Å²) in [5.74, 6) is 0.727. The summed E-state index contributed by atoms with van der Waals surface area (Å²) >= 11 is 12.2. The first-order valence-corrected chi connectivity index (χ1v) is 6.89. The normalized spacial score (nSPS) is 11.2. The summed E-state index contributed by atoms with van der Waals surface area (Å²) in [4.78, 5) is 4.26. The molecule has 2 aromatic heterocycles. The van der Waals surface area contributed by atoms with E-state index in [1.165, 1.54) is 0 Å². The maximum absolute atomic E-state index is 6.15. The predicted molar refractivity (Wildman–Crippen MR) is 80.4 cm³/mol. The Morgan fingerprint density at radius 1 is 1.05 bits per heavy atom. The highest BCUT2D eigenvalue weighted by Gasteiger charge is 2.16. The fourth-order valence-corrected chi connectivity index (χ4v) is 2.61. The third kappa shape index (κ3) is 1.96. The van der Waals surface area contributed by atoms with Gasteiger partial charge in [0.1, 0.15) is 0 Å². The minimum Gasteiger partial charge on any atom is -0.275 e. The molecule has 0 amide bonds. The zero-order valence-electron chi connectivity index (χ0n) is 11.3. The van der Waals surface area contributed by atoms with E-state index in [0.29, 0.717) is 15.8 Å². The van der Waals surface area contributed by atoms with E-state index < -0.39 is 0 Å². The van der Waals surface area contributed by atoms with E-state index in [1.54, 1.807) is 0 Å². The Labute approximate surface area is 126 Å². The zero-order chi connectivity index (χ0) is 14.4. The highest BCUT2D eigenvalue weighted by Crippen LogP contribution is 2.28. The fourth-order valence-electron chi connectivity index (χ4n) is 2.19. The fraction of sp³-hybridized carbons (Fsp3) is 0.214. The summed E-state index contributed by atoms with van der Waals surface area (Å²) < 4.78 is 1.92. The Kier molecular flexibility index (Phi) is 3.15. The first kappa shape index (κ1) is 13.3. The van der Waals surface area contributed by atoms with Crippen molar-refractivity contribution < 1.29 is 0 Å². The van der Waals surface area contributed by atoms with Crippen molar-refractivity contribution in [3.05, 3.63) is 45.3 Å². The molecule has 0 bridgehead atoms. The lowest BCUT2D eigenvalue weighted by molar-refractivity contribution is 0.999. The Morgan fingerprint density at radius 3 is 2.55 bits per heavy atom. The number of rotatable bonds is 1. The van der Waals surface area contributed by atoms with E-state index >= 15 is 0 Å². The molecule has 0 saturated heterocycles. The average molecular weight is 307 g/mol. The number of hydrogen-bond acceptors (Lipinski definition) is 3. The number of benzene rings is 1. The molecule has 4 nitrogen and oxygen atoms in total. The van der Waals surface area contributed by atoms with Crippen molar-refractivity contribution in [2.75, 3.05) is 0 Å². The number of hydrogen-bond donors (Lipinski definition) is 0. The van der Waals surface area contributed by atoms with E-state index in [2.05, 4.69) is 15.2 Å². The van der Waals surface area contributed by atoms with Crippen molar-refractivity contribution in [1.82, 2.24) is 19.6 Å². The predicted octanol–water partition coefficient (Wildman–Crippen LogP) is 4.02. The summed E-state index contributed by atoms with van der Waals surface area (Å²) in [6, 6.07) is 5.70. The van der Waals surface area contributed by atoms with Crippen molar-refractivity contribution in [1.29, 1.82) is 0 Å². The van der Waals surface area contributed by atoms with Gasteiger partial charge in [0.05, 0.1) is 5.69 Å². The van der Waals surface area contributed by atoms with Crippen LogP contribution >= 0.6 is 23.2 Å². The largest absolute Gasteiger partial charge is 0.275 e. The monoisotopic (exact) mass is 306 g/mol. The molecule has 102 valence electrons. The van der Waals surface area contributed by atoms with Crippen LogP contribution in [-0.2, 0) is 0 Å². The second-order valence-corrected chi connectivity index (χ2v) is 5.51. The van der Waals surface area contributed by atoms with Crippen LogP contribution in [0.2, 0.25) is 10.2 Å². The molecule has 2 heterocycles. The van der Waals surface area contributed by atoms with Gasteiger partial charge in [-0.25, -0.2) is 4.98 Å². The molecule has 0 fully saturated rings. The van der Waals surface area contributed by atoms with Crippen LogP contribution in [0.25, 0.3) is 17.0 Å². The second-order valence-electron chi connectivity index (χ2n) is 4.72. The van der Waals surface area contributed by atoms with Crippen LogP contribution in [0.5, 0.6) is 0 Å². The van der Waals surface area contributed by atoms with E-state index in [1.807, 2.05) is 43.4 Å². The number of halogens is 2. The molecule has 0 aliphatic rings. The minimum atomic E-state index is 0.353. The standard InChI is InChI=1S/C14H12Cl2N4/c1-7-4-5-10(15)6-11(7)13-18-19-14-12(16)17-8(2)9(3)20(13)14/h4-6H,1-3H3. The van der Waals surface area contributed by atoms with Crippen LogP contribution in [0, 0.1) is 20.8 Å². The van der Waals surface area contributed by atoms with Gasteiger partial charge in [0.25, 0.3) is 0 Å². The summed E-state index contributed by atoms with van der Waals surface area (Å²) in [6.45, 7) is 5.89. The quantitative estimate of drug-likeness (QED) is 0.682. The van der Waals surface area contributed by atoms with Gasteiger partial charge in [-0.05, 0) is 38.5 Å². The molecular weight excluding hydrogens is 295 g/mol. The third-order valence-corrected chi connectivity index (χ3v) is 3.90. The minimum absolute atomic E-state index is 0.353. The molecule has 0 radical (unpaired) electrons. The van der Waals surface area contributed by atoms with Crippen molar-refractivity contribution in [3.63, 3.8) is 0 Å². The van der Waals surface area contributed by atoms with Crippen molar-refractivity contribution in [2.45, 2.75) is 20.8 Å². The summed E-state index contributed by atoms with van der Waals surface area (Å²) in [6.07, 6.45) is 0. The van der Waals surface area contributed by atoms with Crippen LogP contribution in [0.3, 0.4) is 0 Å². The van der Waals surface area contributed by atoms with E-state index in [9.17, 15) is 0 Å². The van der Waals surface area contributed by atoms with Crippen LogP contribution in [0.15, 0.2) is 18.2 Å². The SMILES string of the molecule is Cc1ccc(Cl)cc1-c1nnc2c(Cl)nc(C)c(C)n12. The molecule has 0 N–H and O–H groups in total. The van der Waals surface area contributed by atoms with E-state index in [-0.39, 0.29) is 0 Å². The third-order valence-electron chi connectivity index (χ3n) is 3.41. The first-order chi connectivity index (χ1) is 9.49. The van der Waals surface area contributed by atoms with Gasteiger partial charge in [-0.2, -0.15) is 0 Å². The molecule has 3 aromatic rings. The Hall–Kier alpha value is -1.65. The van der Waals surface area contributed by atoms with Gasteiger partial charge in [-0.1, -0.05) is 29.3 Å². The van der Waals surface area contributed by atoms with Crippen LogP contribution in [-0.4, -0.2) is 19.6 Å². The molecule has 1 aromatic carbocycles. The van der Waals surface area contributed by atoms with Gasteiger partial charge in [-0.3, -0.25) is 4.40 Å². The Morgan fingerprint density at radius 2 is 1.80 bits per heavy atom. The number of fused-ring (bicyclic) bond motifs is 1. The summed E-state index contributed by atoms with van der Waals surface area (Å²) in [5, 5.41) is 9.42. The zero-order valence-corrected chi connectivity index (χ0v) is 12.8. The number of aromatic nitrogens is 4. The maximum Gasteiger partial charge on any atom is 0.199 e. The Balaban J connectivity index is 2.41. The van der Waals surface area contributed by atoms with Gasteiger partial charge in [0, 0.05) is 16.3 Å². The number of aryl methyl sites for hydroxylation is 3. The topological polar surface area (TPSA) is 43.1 Å². The van der Waals surface area contributed by atoms with Crippen molar-refractivity contribution in [2.24, 2.45) is 0 Å². The van der Waals surface area contributed by atoms with E-state index in [0.717, 1.165) is 28.3 Å². The molecule has 20 heavy (non-hydrogen) atoms. The second kappa shape index (κ2) is 4.72. The van der Waals surface area contributed by atoms with Gasteiger partial charge >= 0.3 is 0 Å². The van der Waals surface area contributed by atoms with Crippen LogP contribution < -0.4 is 0 Å². The lowest BCUT2D eigenvalue weighted by atomic mass is 10.1. The van der Waals surface area contributed by atoms with Crippen LogP contribution in [0.4, 0.5) is 0 Å². The van der Waals surface area contributed by atoms with Gasteiger partial charge in [0.15, 0.2) is 16.6 Å².